The summed E-state index contributed by atoms with van der Waals surface area (Å²) in [5.41, 5.74) is 4.70. The molecule has 30 heavy (non-hydrogen) atoms. The first kappa shape index (κ1) is 21.5. The maximum absolute atomic E-state index is 5.52. The van der Waals surface area contributed by atoms with Crippen molar-refractivity contribution in [2.24, 2.45) is 17.9 Å². The molecule has 1 aliphatic heterocycles. The van der Waals surface area contributed by atoms with E-state index in [0.717, 1.165) is 15.5 Å². The van der Waals surface area contributed by atoms with Crippen LogP contribution in [-0.4, -0.2) is 19.9 Å². The first-order chi connectivity index (χ1) is 14.5. The van der Waals surface area contributed by atoms with Gasteiger partial charge in [-0.2, -0.15) is 5.10 Å². The van der Waals surface area contributed by atoms with Gasteiger partial charge in [0.2, 0.25) is 0 Å². The molecule has 0 saturated carbocycles. The van der Waals surface area contributed by atoms with E-state index >= 15 is 0 Å². The average Bonchev–Trinajstić information content (AvgIpc) is 3.14. The maximum Gasteiger partial charge on any atom is 0.181 e. The molecule has 3 heterocycles. The third kappa shape index (κ3) is 5.66. The standard InChI is InChI=1S/C20H22N8S2/c1-5-22-20(26-21)30-18-9-8-16(29-15-7-6-13(2)23-12-15)19(25-18)14(3)24-17-10-11-28(4)27-17/h5-12,23H,1-3,21H2,4H3,(H,22,26)(H,24,27). The second kappa shape index (κ2) is 10.0. The van der Waals surface area contributed by atoms with Crippen LogP contribution in [0.4, 0.5) is 5.82 Å². The summed E-state index contributed by atoms with van der Waals surface area (Å²) >= 11 is 2.86. The third-order valence-electron chi connectivity index (χ3n) is 3.72. The van der Waals surface area contributed by atoms with Gasteiger partial charge in [0.25, 0.3) is 0 Å². The summed E-state index contributed by atoms with van der Waals surface area (Å²) in [7, 11) is 1.85. The Hall–Kier alpha value is -3.21. The van der Waals surface area contributed by atoms with Crippen LogP contribution in [0.3, 0.4) is 0 Å². The number of rotatable bonds is 7. The van der Waals surface area contributed by atoms with Gasteiger partial charge in [-0.25, -0.2) is 15.8 Å². The lowest BCUT2D eigenvalue weighted by atomic mass is 10.3. The predicted octanol–water partition coefficient (Wildman–Crippen LogP) is 3.56. The van der Waals surface area contributed by atoms with E-state index in [1.54, 1.807) is 16.4 Å². The van der Waals surface area contributed by atoms with Crippen molar-refractivity contribution in [2.45, 2.75) is 9.92 Å². The normalized spacial score (nSPS) is 13.5. The second-order valence-corrected chi connectivity index (χ2v) is 8.11. The van der Waals surface area contributed by atoms with Crippen LogP contribution >= 0.6 is 23.5 Å². The summed E-state index contributed by atoms with van der Waals surface area (Å²) in [5, 5.41) is 11.9. The highest BCUT2D eigenvalue weighted by Gasteiger charge is 2.15. The Labute approximate surface area is 183 Å². The molecule has 0 saturated heterocycles. The Balaban J connectivity index is 1.91. The van der Waals surface area contributed by atoms with E-state index in [1.807, 2.05) is 49.8 Å². The van der Waals surface area contributed by atoms with Gasteiger partial charge < -0.3 is 16.1 Å². The molecule has 0 aromatic carbocycles. The average molecular weight is 439 g/mol. The molecule has 2 aromatic heterocycles. The topological polar surface area (TPSA) is 105 Å². The second-order valence-electron chi connectivity index (χ2n) is 5.99. The highest BCUT2D eigenvalue weighted by molar-refractivity contribution is 8.13. The zero-order valence-corrected chi connectivity index (χ0v) is 18.1. The molecule has 5 N–H and O–H groups in total. The maximum atomic E-state index is 5.52. The summed E-state index contributed by atoms with van der Waals surface area (Å²) in [6.45, 7) is 11.6. The van der Waals surface area contributed by atoms with Crippen LogP contribution in [0.2, 0.25) is 0 Å². The highest BCUT2D eigenvalue weighted by Crippen LogP contribution is 2.35. The number of nitrogens with zero attached hydrogens (tertiary/aromatic N) is 4. The van der Waals surface area contributed by atoms with Gasteiger partial charge in [0.1, 0.15) is 10.7 Å². The Bertz CT molecular complexity index is 1060. The zero-order valence-electron chi connectivity index (χ0n) is 16.4. The van der Waals surface area contributed by atoms with Gasteiger partial charge in [0, 0.05) is 47.2 Å². The monoisotopic (exact) mass is 438 g/mol. The first-order valence-electron chi connectivity index (χ1n) is 8.80. The lowest BCUT2D eigenvalue weighted by Gasteiger charge is -2.15. The smallest absolute Gasteiger partial charge is 0.181 e. The molecule has 0 aliphatic carbocycles. The van der Waals surface area contributed by atoms with Crippen molar-refractivity contribution in [3.63, 3.8) is 0 Å². The number of hydrazine groups is 1. The molecule has 2 aromatic rings. The number of dihydropyridines is 1. The van der Waals surface area contributed by atoms with Gasteiger partial charge in [0.05, 0.1) is 5.70 Å². The van der Waals surface area contributed by atoms with Gasteiger partial charge in [-0.3, -0.25) is 4.68 Å². The van der Waals surface area contributed by atoms with Crippen molar-refractivity contribution >= 4 is 40.2 Å². The summed E-state index contributed by atoms with van der Waals surface area (Å²) in [6, 6.07) is 5.76. The predicted molar refractivity (Wildman–Crippen MR) is 126 cm³/mol. The van der Waals surface area contributed by atoms with Crippen LogP contribution in [0.1, 0.15) is 5.69 Å². The summed E-state index contributed by atoms with van der Waals surface area (Å²) in [6.07, 6.45) is 9.09. The Morgan fingerprint density at radius 2 is 2.17 bits per heavy atom. The fraction of sp³-hybridized carbons (Fsp3) is 0.0500. The minimum Gasteiger partial charge on any atom is -0.361 e. The van der Waals surface area contributed by atoms with Crippen LogP contribution in [0, 0.1) is 0 Å². The van der Waals surface area contributed by atoms with Crippen molar-refractivity contribution in [1.82, 2.24) is 25.5 Å². The number of allylic oxidation sites excluding steroid dienone is 2. The fourth-order valence-electron chi connectivity index (χ4n) is 2.39. The number of nitrogens with one attached hydrogen (secondary N) is 3. The van der Waals surface area contributed by atoms with E-state index < -0.39 is 0 Å². The molecular formula is C20H22N8S2. The minimum absolute atomic E-state index is 0.479. The number of amidine groups is 1. The highest BCUT2D eigenvalue weighted by atomic mass is 32.2. The molecule has 0 unspecified atom stereocenters. The molecule has 1 aliphatic rings. The number of aliphatic imine (C=N–C) groups is 1. The van der Waals surface area contributed by atoms with E-state index in [0.29, 0.717) is 27.4 Å². The SMILES string of the molecule is C=CN=C(NN)Sc1ccc(SC2=CNC(=C)C=C2)c(C(=C)Nc2ccn(C)n2)n1. The van der Waals surface area contributed by atoms with E-state index in [1.165, 1.54) is 18.0 Å². The first-order valence-corrected chi connectivity index (χ1v) is 10.4. The van der Waals surface area contributed by atoms with Crippen LogP contribution in [0.15, 0.2) is 94.2 Å². The number of aromatic nitrogens is 3. The van der Waals surface area contributed by atoms with Crippen molar-refractivity contribution in [3.8, 4) is 0 Å². The lowest BCUT2D eigenvalue weighted by Crippen LogP contribution is -2.27. The molecule has 0 fully saturated rings. The number of hydrogen-bond donors (Lipinski definition) is 4. The van der Waals surface area contributed by atoms with Gasteiger partial charge in [-0.1, -0.05) is 31.5 Å². The lowest BCUT2D eigenvalue weighted by molar-refractivity contribution is 0.771. The Kier molecular flexibility index (Phi) is 7.17. The molecule has 3 rings (SSSR count). The Morgan fingerprint density at radius 1 is 1.33 bits per heavy atom. The van der Waals surface area contributed by atoms with E-state index in [-0.39, 0.29) is 0 Å². The molecule has 0 spiro atoms. The number of aryl methyl sites for hydroxylation is 1. The Morgan fingerprint density at radius 3 is 2.80 bits per heavy atom. The van der Waals surface area contributed by atoms with Gasteiger partial charge in [-0.05, 0) is 36.0 Å². The van der Waals surface area contributed by atoms with Crippen LogP contribution in [0.25, 0.3) is 5.70 Å². The fourth-order valence-corrected chi connectivity index (χ4v) is 3.95. The molecule has 0 radical (unpaired) electrons. The number of nitrogens with two attached hydrogens (primary N) is 1. The van der Waals surface area contributed by atoms with Crippen molar-refractivity contribution in [2.75, 3.05) is 5.32 Å². The van der Waals surface area contributed by atoms with Crippen molar-refractivity contribution in [1.29, 1.82) is 0 Å². The molecule has 0 bridgehead atoms. The molecule has 154 valence electrons. The van der Waals surface area contributed by atoms with Crippen LogP contribution in [-0.2, 0) is 7.05 Å². The molecule has 0 atom stereocenters. The van der Waals surface area contributed by atoms with Crippen LogP contribution in [0.5, 0.6) is 0 Å². The van der Waals surface area contributed by atoms with E-state index in [2.05, 4.69) is 45.9 Å². The van der Waals surface area contributed by atoms with Crippen LogP contribution < -0.4 is 21.9 Å². The zero-order chi connectivity index (χ0) is 21.5. The molecule has 0 amide bonds. The summed E-state index contributed by atoms with van der Waals surface area (Å²) in [4.78, 5) is 10.8. The number of hydrogen-bond acceptors (Lipinski definition) is 8. The summed E-state index contributed by atoms with van der Waals surface area (Å²) < 4.78 is 1.71. The molecular weight excluding hydrogens is 416 g/mol. The van der Waals surface area contributed by atoms with Gasteiger partial charge in [0.15, 0.2) is 11.0 Å². The van der Waals surface area contributed by atoms with Crippen molar-refractivity contribution in [3.05, 3.63) is 85.0 Å². The quantitative estimate of drug-likeness (QED) is 0.171. The van der Waals surface area contributed by atoms with Crippen molar-refractivity contribution < 1.29 is 0 Å². The van der Waals surface area contributed by atoms with E-state index in [4.69, 9.17) is 10.8 Å². The third-order valence-corrected chi connectivity index (χ3v) is 5.61. The number of thioether (sulfide) groups is 2. The summed E-state index contributed by atoms with van der Waals surface area (Å²) in [5.74, 6) is 6.21. The largest absolute Gasteiger partial charge is 0.361 e. The van der Waals surface area contributed by atoms with Gasteiger partial charge >= 0.3 is 0 Å². The molecule has 8 nitrogen and oxygen atoms in total. The minimum atomic E-state index is 0.479. The number of pyridine rings is 1. The van der Waals surface area contributed by atoms with E-state index in [9.17, 15) is 0 Å². The van der Waals surface area contributed by atoms with Gasteiger partial charge in [-0.15, -0.1) is 0 Å². The number of anilines is 1. The molecule has 10 heteroatoms.